The van der Waals surface area contributed by atoms with Crippen LogP contribution in [0.5, 0.6) is 0 Å². The molecule has 4 aliphatic rings. The first-order valence-electron chi connectivity index (χ1n) is 10.7. The Morgan fingerprint density at radius 3 is 1.36 bits per heavy atom. The second kappa shape index (κ2) is 8.03. The topological polar surface area (TPSA) is 197 Å². The Bertz CT molecular complexity index is 1170. The fourth-order valence-electron chi connectivity index (χ4n) is 4.89. The molecule has 0 aromatic carbocycles. The van der Waals surface area contributed by atoms with Gasteiger partial charge in [0.05, 0.1) is 22.3 Å². The van der Waals surface area contributed by atoms with E-state index in [0.717, 1.165) is 9.80 Å². The Hall–Kier alpha value is -2.95. The first-order valence-corrected chi connectivity index (χ1v) is 13.8. The molecule has 0 aliphatic carbocycles. The van der Waals surface area contributed by atoms with Gasteiger partial charge >= 0.3 is 18.1 Å². The van der Waals surface area contributed by atoms with Gasteiger partial charge in [0.1, 0.15) is 22.8 Å². The lowest BCUT2D eigenvalue weighted by molar-refractivity contribution is -0.172. The predicted octanol–water partition coefficient (Wildman–Crippen LogP) is -1.59. The van der Waals surface area contributed by atoms with E-state index in [1.54, 1.807) is 0 Å². The van der Waals surface area contributed by atoms with E-state index in [1.165, 1.54) is 27.7 Å². The van der Waals surface area contributed by atoms with E-state index in [1.807, 2.05) is 0 Å². The fourth-order valence-corrected chi connectivity index (χ4v) is 9.13. The van der Waals surface area contributed by atoms with Crippen molar-refractivity contribution in [2.45, 2.75) is 72.9 Å². The molecule has 4 atom stereocenters. The summed E-state index contributed by atoms with van der Waals surface area (Å²) in [7, 11) is -7.65. The summed E-state index contributed by atoms with van der Waals surface area (Å²) < 4.78 is 65.5. The number of esters is 2. The molecule has 4 rings (SSSR count). The molecule has 36 heavy (non-hydrogen) atoms. The lowest BCUT2D eigenvalue weighted by Crippen LogP contribution is -2.57. The van der Waals surface area contributed by atoms with E-state index in [9.17, 15) is 40.8 Å². The van der Waals surface area contributed by atoms with Gasteiger partial charge in [0, 0.05) is 0 Å². The van der Waals surface area contributed by atoms with Crippen molar-refractivity contribution in [2.75, 3.05) is 13.6 Å². The lowest BCUT2D eigenvalue weighted by Gasteiger charge is -2.36. The quantitative estimate of drug-likeness (QED) is 0.208. The van der Waals surface area contributed by atoms with Gasteiger partial charge in [-0.05, 0) is 27.7 Å². The molecule has 15 nitrogen and oxygen atoms in total. The van der Waals surface area contributed by atoms with Crippen LogP contribution in [0, 0.1) is 0 Å². The third-order valence-electron chi connectivity index (χ3n) is 7.15. The number of hydrogen-bond donors (Lipinski definition) is 0. The number of rotatable bonds is 6. The maximum Gasteiger partial charge on any atom is 0.514 e. The first kappa shape index (κ1) is 26.1. The molecular weight excluding hydrogens is 528 g/mol. The van der Waals surface area contributed by atoms with Gasteiger partial charge in [-0.1, -0.05) is 0 Å². The molecule has 4 heterocycles. The second-order valence-corrected chi connectivity index (χ2v) is 15.1. The van der Waals surface area contributed by atoms with E-state index in [0.29, 0.717) is 0 Å². The van der Waals surface area contributed by atoms with Gasteiger partial charge in [-0.25, -0.2) is 31.2 Å². The normalized spacial score (nSPS) is 31.9. The van der Waals surface area contributed by atoms with Gasteiger partial charge in [0.15, 0.2) is 19.7 Å². The lowest BCUT2D eigenvalue weighted by atomic mass is 9.98. The Morgan fingerprint density at radius 1 is 0.722 bits per heavy atom. The first-order chi connectivity index (χ1) is 16.5. The van der Waals surface area contributed by atoms with E-state index < -0.39 is 95.5 Å². The van der Waals surface area contributed by atoms with Crippen LogP contribution in [0.3, 0.4) is 0 Å². The number of carbonyl (C=O) groups excluding carboxylic acids is 5. The SMILES string of the molecule is CC1(C)[C@H](C(=O)OCOC(=O)OCOC(=O)[C@@H]2N3C(=O)C[C@H]3S(=O)(=O)C2(C)C)N2C(=O)C[C@H]2S1(=O)=O. The molecule has 0 aromatic heterocycles. The molecule has 0 unspecified atom stereocenters. The van der Waals surface area contributed by atoms with Crippen molar-refractivity contribution < 1.29 is 59.8 Å². The maximum absolute atomic E-state index is 12.5. The van der Waals surface area contributed by atoms with E-state index in [2.05, 4.69) is 9.47 Å². The van der Waals surface area contributed by atoms with Crippen molar-refractivity contribution >= 4 is 49.6 Å². The summed E-state index contributed by atoms with van der Waals surface area (Å²) in [6.45, 7) is 3.18. The Labute approximate surface area is 205 Å². The van der Waals surface area contributed by atoms with E-state index in [-0.39, 0.29) is 12.8 Å². The summed E-state index contributed by atoms with van der Waals surface area (Å²) in [4.78, 5) is 62.2. The van der Waals surface area contributed by atoms with Crippen molar-refractivity contribution in [3.8, 4) is 0 Å². The highest BCUT2D eigenvalue weighted by atomic mass is 32.2. The number of sulfone groups is 2. The molecule has 4 saturated heterocycles. The second-order valence-electron chi connectivity index (χ2n) is 9.72. The predicted molar refractivity (Wildman–Crippen MR) is 114 cm³/mol. The minimum Gasteiger partial charge on any atom is -0.426 e. The molecule has 0 N–H and O–H groups in total. The van der Waals surface area contributed by atoms with Gasteiger partial charge in [-0.15, -0.1) is 0 Å². The summed E-state index contributed by atoms with van der Waals surface area (Å²) in [5.41, 5.74) is 0. The smallest absolute Gasteiger partial charge is 0.426 e. The number of nitrogens with zero attached hydrogens (tertiary/aromatic N) is 2. The van der Waals surface area contributed by atoms with Crippen LogP contribution in [0.4, 0.5) is 4.79 Å². The molecule has 4 fully saturated rings. The largest absolute Gasteiger partial charge is 0.514 e. The highest BCUT2D eigenvalue weighted by molar-refractivity contribution is 7.94. The van der Waals surface area contributed by atoms with Gasteiger partial charge in [0.25, 0.3) is 0 Å². The van der Waals surface area contributed by atoms with Gasteiger partial charge in [-0.2, -0.15) is 0 Å². The third kappa shape index (κ3) is 3.38. The number of amides is 2. The average molecular weight is 553 g/mol. The molecule has 2 amide bonds. The number of hydrogen-bond acceptors (Lipinski definition) is 13. The highest BCUT2D eigenvalue weighted by Crippen LogP contribution is 2.47. The summed E-state index contributed by atoms with van der Waals surface area (Å²) >= 11 is 0. The van der Waals surface area contributed by atoms with Gasteiger partial charge in [0.2, 0.25) is 25.4 Å². The molecule has 0 radical (unpaired) electrons. The molecular formula is C19H24N2O13S2. The molecule has 17 heteroatoms. The Kier molecular flexibility index (Phi) is 5.82. The Balaban J connectivity index is 1.25. The summed E-state index contributed by atoms with van der Waals surface area (Å²) in [6, 6.07) is -2.85. The summed E-state index contributed by atoms with van der Waals surface area (Å²) in [5.74, 6) is -3.25. The highest BCUT2D eigenvalue weighted by Gasteiger charge is 2.69. The summed E-state index contributed by atoms with van der Waals surface area (Å²) in [5, 5.41) is -2.22. The standard InChI is InChI=1S/C19H24N2O13S2/c1-18(2)13(20-9(22)5-11(20)35(18,27)28)15(24)31-7-33-17(26)34-8-32-16(25)14-19(3,4)36(29,30)12-6-10(23)21(12)14/h11-14H,5-8H2,1-4H3/t11-,12-,13+,14+/m1/s1. The van der Waals surface area contributed by atoms with Crippen molar-refractivity contribution in [3.05, 3.63) is 0 Å². The number of ether oxygens (including phenoxy) is 4. The maximum atomic E-state index is 12.5. The Morgan fingerprint density at radius 2 is 1.06 bits per heavy atom. The molecule has 0 aromatic rings. The van der Waals surface area contributed by atoms with Crippen LogP contribution in [0.25, 0.3) is 0 Å². The summed E-state index contributed by atoms with van der Waals surface area (Å²) in [6.07, 6.45) is -1.88. The minimum absolute atomic E-state index is 0.229. The monoisotopic (exact) mass is 552 g/mol. The molecule has 0 saturated carbocycles. The van der Waals surface area contributed by atoms with Crippen LogP contribution in [0.15, 0.2) is 0 Å². The van der Waals surface area contributed by atoms with Crippen LogP contribution >= 0.6 is 0 Å². The van der Waals surface area contributed by atoms with Crippen LogP contribution in [0.1, 0.15) is 40.5 Å². The zero-order chi connectivity index (χ0) is 27.0. The fraction of sp³-hybridized carbons (Fsp3) is 0.737. The van der Waals surface area contributed by atoms with Crippen LogP contribution in [-0.4, -0.2) is 102 Å². The van der Waals surface area contributed by atoms with E-state index in [4.69, 9.17) is 9.47 Å². The van der Waals surface area contributed by atoms with Gasteiger partial charge in [-0.3, -0.25) is 9.59 Å². The van der Waals surface area contributed by atoms with Crippen molar-refractivity contribution in [2.24, 2.45) is 0 Å². The minimum atomic E-state index is -3.82. The molecule has 0 spiro atoms. The average Bonchev–Trinajstić information content (AvgIpc) is 2.96. The number of carbonyl (C=O) groups is 5. The third-order valence-corrected chi connectivity index (χ3v) is 12.8. The van der Waals surface area contributed by atoms with Gasteiger partial charge < -0.3 is 28.7 Å². The van der Waals surface area contributed by atoms with Crippen molar-refractivity contribution in [3.63, 3.8) is 0 Å². The zero-order valence-corrected chi connectivity index (χ0v) is 21.3. The van der Waals surface area contributed by atoms with Crippen molar-refractivity contribution in [1.29, 1.82) is 0 Å². The van der Waals surface area contributed by atoms with Crippen LogP contribution in [-0.2, 0) is 57.8 Å². The molecule has 4 aliphatic heterocycles. The van der Waals surface area contributed by atoms with Crippen LogP contribution in [0.2, 0.25) is 0 Å². The van der Waals surface area contributed by atoms with Crippen molar-refractivity contribution in [1.82, 2.24) is 9.80 Å². The molecule has 200 valence electrons. The van der Waals surface area contributed by atoms with Crippen LogP contribution < -0.4 is 0 Å². The van der Waals surface area contributed by atoms with E-state index >= 15 is 0 Å². The zero-order valence-electron chi connectivity index (χ0n) is 19.7. The number of fused-ring (bicyclic) bond motifs is 2. The number of β-lactam (4-membered cyclic amide) rings is 2. The molecule has 0 bridgehead atoms.